The van der Waals surface area contributed by atoms with E-state index >= 15 is 0 Å². The van der Waals surface area contributed by atoms with E-state index in [9.17, 15) is 4.79 Å². The summed E-state index contributed by atoms with van der Waals surface area (Å²) in [6.07, 6.45) is 5.33. The average Bonchev–Trinajstić information content (AvgIpc) is 3.14. The fourth-order valence-corrected chi connectivity index (χ4v) is 3.96. The Morgan fingerprint density at radius 3 is 2.92 bits per heavy atom. The van der Waals surface area contributed by atoms with Gasteiger partial charge in [-0.2, -0.15) is 0 Å². The number of amides is 1. The molecule has 2 aromatic rings. The topological polar surface area (TPSA) is 36.4 Å². The number of carbonyl (C=O) groups excluding carboxylic acids is 1. The van der Waals surface area contributed by atoms with Crippen LogP contribution in [0.2, 0.25) is 0 Å². The first-order valence-corrected chi connectivity index (χ1v) is 9.51. The molecule has 3 rings (SSSR count). The molecule has 4 nitrogen and oxygen atoms in total. The van der Waals surface area contributed by atoms with Gasteiger partial charge >= 0.3 is 0 Å². The van der Waals surface area contributed by atoms with Crippen molar-refractivity contribution in [3.05, 3.63) is 46.3 Å². The van der Waals surface area contributed by atoms with Gasteiger partial charge in [0.15, 0.2) is 0 Å². The number of carbonyl (C=O) groups is 1. The van der Waals surface area contributed by atoms with Gasteiger partial charge in [0.2, 0.25) is 0 Å². The second-order valence-corrected chi connectivity index (χ2v) is 7.49. The molecule has 1 unspecified atom stereocenters. The molecule has 0 bridgehead atoms. The van der Waals surface area contributed by atoms with E-state index in [4.69, 9.17) is 4.98 Å². The standard InChI is InChI=1S/C19H25N3OS/c1-21(2)18-10-5-7-15(20-18)11-12-16-8-3-4-13-22(16)19(23)17-9-6-14-24-17/h5-7,9-10,14,16H,3-4,8,11-13H2,1-2H3. The number of likely N-dealkylation sites (tertiary alicyclic amines) is 1. The number of pyridine rings is 1. The van der Waals surface area contributed by atoms with Gasteiger partial charge < -0.3 is 9.80 Å². The number of piperidine rings is 1. The Balaban J connectivity index is 1.66. The van der Waals surface area contributed by atoms with Crippen LogP contribution in [-0.2, 0) is 6.42 Å². The maximum Gasteiger partial charge on any atom is 0.264 e. The summed E-state index contributed by atoms with van der Waals surface area (Å²) >= 11 is 1.54. The van der Waals surface area contributed by atoms with Gasteiger partial charge in [0, 0.05) is 32.4 Å². The van der Waals surface area contributed by atoms with Crippen LogP contribution in [0.25, 0.3) is 0 Å². The van der Waals surface area contributed by atoms with Gasteiger partial charge in [0.25, 0.3) is 5.91 Å². The van der Waals surface area contributed by atoms with Gasteiger partial charge in [0.1, 0.15) is 5.82 Å². The van der Waals surface area contributed by atoms with Gasteiger partial charge in [-0.3, -0.25) is 4.79 Å². The lowest BCUT2D eigenvalue weighted by atomic mass is 9.96. The smallest absolute Gasteiger partial charge is 0.264 e. The lowest BCUT2D eigenvalue weighted by Crippen LogP contribution is -2.43. The van der Waals surface area contributed by atoms with Crippen LogP contribution in [-0.4, -0.2) is 42.5 Å². The Labute approximate surface area is 148 Å². The van der Waals surface area contributed by atoms with E-state index in [1.165, 1.54) is 17.8 Å². The molecule has 3 heterocycles. The van der Waals surface area contributed by atoms with Crippen LogP contribution < -0.4 is 4.90 Å². The third kappa shape index (κ3) is 3.96. The van der Waals surface area contributed by atoms with Gasteiger partial charge in [-0.05, 0) is 55.7 Å². The third-order valence-electron chi connectivity index (χ3n) is 4.60. The largest absolute Gasteiger partial charge is 0.363 e. The van der Waals surface area contributed by atoms with Crippen molar-refractivity contribution >= 4 is 23.1 Å². The van der Waals surface area contributed by atoms with Crippen LogP contribution >= 0.6 is 11.3 Å². The molecule has 1 saturated heterocycles. The molecule has 128 valence electrons. The van der Waals surface area contributed by atoms with E-state index < -0.39 is 0 Å². The van der Waals surface area contributed by atoms with E-state index in [2.05, 4.69) is 17.0 Å². The molecule has 24 heavy (non-hydrogen) atoms. The highest BCUT2D eigenvalue weighted by molar-refractivity contribution is 7.12. The number of hydrogen-bond donors (Lipinski definition) is 0. The van der Waals surface area contributed by atoms with Crippen molar-refractivity contribution in [1.29, 1.82) is 0 Å². The maximum absolute atomic E-state index is 12.7. The number of rotatable bonds is 5. The number of anilines is 1. The van der Waals surface area contributed by atoms with Crippen LogP contribution in [0.1, 0.15) is 41.0 Å². The molecular formula is C19H25N3OS. The highest BCUT2D eigenvalue weighted by Gasteiger charge is 2.27. The second kappa shape index (κ2) is 7.79. The first kappa shape index (κ1) is 17.0. The SMILES string of the molecule is CN(C)c1cccc(CCC2CCCCN2C(=O)c2cccs2)n1. The van der Waals surface area contributed by atoms with Gasteiger partial charge in [-0.25, -0.2) is 4.98 Å². The van der Waals surface area contributed by atoms with Crippen molar-refractivity contribution in [3.63, 3.8) is 0 Å². The highest BCUT2D eigenvalue weighted by atomic mass is 32.1. The predicted molar refractivity (Wildman–Crippen MR) is 99.9 cm³/mol. The van der Waals surface area contributed by atoms with Crippen molar-refractivity contribution < 1.29 is 4.79 Å². The minimum atomic E-state index is 0.199. The van der Waals surface area contributed by atoms with Crippen LogP contribution in [0.3, 0.4) is 0 Å². The number of aromatic nitrogens is 1. The van der Waals surface area contributed by atoms with E-state index in [-0.39, 0.29) is 5.91 Å². The van der Waals surface area contributed by atoms with Crippen LogP contribution in [0.15, 0.2) is 35.7 Å². The Kier molecular flexibility index (Phi) is 5.51. The van der Waals surface area contributed by atoms with Crippen molar-refractivity contribution in [3.8, 4) is 0 Å². The van der Waals surface area contributed by atoms with Gasteiger partial charge in [-0.15, -0.1) is 11.3 Å². The van der Waals surface area contributed by atoms with Gasteiger partial charge in [-0.1, -0.05) is 12.1 Å². The monoisotopic (exact) mass is 343 g/mol. The quantitative estimate of drug-likeness (QED) is 0.828. The average molecular weight is 343 g/mol. The van der Waals surface area contributed by atoms with Crippen molar-refractivity contribution in [1.82, 2.24) is 9.88 Å². The second-order valence-electron chi connectivity index (χ2n) is 6.55. The summed E-state index contributed by atoms with van der Waals surface area (Å²) in [6.45, 7) is 0.882. The summed E-state index contributed by atoms with van der Waals surface area (Å²) in [7, 11) is 4.02. The highest BCUT2D eigenvalue weighted by Crippen LogP contribution is 2.24. The molecule has 5 heteroatoms. The molecule has 0 saturated carbocycles. The zero-order valence-corrected chi connectivity index (χ0v) is 15.3. The minimum Gasteiger partial charge on any atom is -0.363 e. The predicted octanol–water partition coefficient (Wildman–Crippen LogP) is 3.84. The summed E-state index contributed by atoms with van der Waals surface area (Å²) < 4.78 is 0. The number of thiophene rings is 1. The summed E-state index contributed by atoms with van der Waals surface area (Å²) in [4.78, 5) is 22.4. The molecule has 0 radical (unpaired) electrons. The lowest BCUT2D eigenvalue weighted by molar-refractivity contribution is 0.0606. The Morgan fingerprint density at radius 1 is 1.29 bits per heavy atom. The third-order valence-corrected chi connectivity index (χ3v) is 5.46. The van der Waals surface area contributed by atoms with E-state index in [0.29, 0.717) is 6.04 Å². The lowest BCUT2D eigenvalue weighted by Gasteiger charge is -2.35. The molecule has 0 aliphatic carbocycles. The summed E-state index contributed by atoms with van der Waals surface area (Å²) in [6, 6.07) is 10.4. The number of hydrogen-bond acceptors (Lipinski definition) is 4. The Morgan fingerprint density at radius 2 is 2.17 bits per heavy atom. The molecule has 2 aromatic heterocycles. The number of nitrogens with zero attached hydrogens (tertiary/aromatic N) is 3. The van der Waals surface area contributed by atoms with E-state index in [1.54, 1.807) is 0 Å². The fraction of sp³-hybridized carbons (Fsp3) is 0.474. The van der Waals surface area contributed by atoms with E-state index in [0.717, 1.165) is 48.6 Å². The normalized spacial score (nSPS) is 17.8. The zero-order valence-electron chi connectivity index (χ0n) is 14.4. The molecule has 1 aliphatic heterocycles. The first-order valence-electron chi connectivity index (χ1n) is 8.63. The zero-order chi connectivity index (χ0) is 16.9. The van der Waals surface area contributed by atoms with Crippen LogP contribution in [0.5, 0.6) is 0 Å². The van der Waals surface area contributed by atoms with Crippen LogP contribution in [0, 0.1) is 0 Å². The van der Waals surface area contributed by atoms with Crippen molar-refractivity contribution in [2.24, 2.45) is 0 Å². The Bertz CT molecular complexity index is 669. The van der Waals surface area contributed by atoms with E-state index in [1.807, 2.05) is 42.6 Å². The minimum absolute atomic E-state index is 0.199. The fourth-order valence-electron chi connectivity index (χ4n) is 3.28. The summed E-state index contributed by atoms with van der Waals surface area (Å²) in [5, 5.41) is 1.98. The summed E-state index contributed by atoms with van der Waals surface area (Å²) in [5.41, 5.74) is 1.11. The molecule has 1 aliphatic rings. The maximum atomic E-state index is 12.7. The first-order chi connectivity index (χ1) is 11.6. The summed E-state index contributed by atoms with van der Waals surface area (Å²) in [5.74, 6) is 1.19. The molecule has 1 fully saturated rings. The molecule has 0 aromatic carbocycles. The van der Waals surface area contributed by atoms with Gasteiger partial charge in [0.05, 0.1) is 4.88 Å². The molecule has 0 N–H and O–H groups in total. The van der Waals surface area contributed by atoms with Crippen molar-refractivity contribution in [2.45, 2.75) is 38.1 Å². The molecular weight excluding hydrogens is 318 g/mol. The molecule has 1 atom stereocenters. The molecule has 0 spiro atoms. The molecule has 1 amide bonds. The number of aryl methyl sites for hydroxylation is 1. The van der Waals surface area contributed by atoms with Crippen LogP contribution in [0.4, 0.5) is 5.82 Å². The van der Waals surface area contributed by atoms with Crippen molar-refractivity contribution in [2.75, 3.05) is 25.5 Å². The Hall–Kier alpha value is -1.88.